The zero-order chi connectivity index (χ0) is 21.8. The molecule has 31 heavy (non-hydrogen) atoms. The molecule has 2 heterocycles. The van der Waals surface area contributed by atoms with Crippen molar-refractivity contribution in [2.75, 3.05) is 26.1 Å². The van der Waals surface area contributed by atoms with Crippen LogP contribution < -0.4 is 19.5 Å². The van der Waals surface area contributed by atoms with Crippen LogP contribution in [0.15, 0.2) is 54.0 Å². The molecular weight excluding hydrogens is 438 g/mol. The lowest BCUT2D eigenvalue weighted by Gasteiger charge is -2.09. The minimum atomic E-state index is -0.336. The lowest BCUT2D eigenvalue weighted by Crippen LogP contribution is -2.20. The molecule has 0 saturated carbocycles. The number of thiazole rings is 1. The third-order valence-corrected chi connectivity index (χ3v) is 5.56. The summed E-state index contributed by atoms with van der Waals surface area (Å²) in [4.78, 5) is 21.2. The predicted octanol–water partition coefficient (Wildman–Crippen LogP) is 5.05. The van der Waals surface area contributed by atoms with E-state index in [-0.39, 0.29) is 12.5 Å². The predicted molar refractivity (Wildman–Crippen MR) is 122 cm³/mol. The van der Waals surface area contributed by atoms with Crippen LogP contribution in [0.4, 0.5) is 5.13 Å². The fraction of sp³-hybridized carbons (Fsp3) is 0.136. The van der Waals surface area contributed by atoms with Crippen LogP contribution in [0.5, 0.6) is 17.2 Å². The molecule has 0 unspecified atom stereocenters. The molecule has 7 nitrogen and oxygen atoms in total. The number of benzene rings is 2. The molecule has 0 saturated heterocycles. The van der Waals surface area contributed by atoms with Gasteiger partial charge in [0.2, 0.25) is 0 Å². The van der Waals surface area contributed by atoms with Crippen LogP contribution in [0.2, 0.25) is 5.02 Å². The molecule has 9 heteroatoms. The first-order chi connectivity index (χ1) is 15.1. The summed E-state index contributed by atoms with van der Waals surface area (Å²) in [5, 5.41) is 6.38. The number of amides is 1. The number of hydrogen-bond donors (Lipinski definition) is 1. The molecular formula is C22H18ClN3O4S. The number of ether oxygens (including phenoxy) is 3. The normalized spacial score (nSPS) is 10.7. The number of carbonyl (C=O) groups excluding carboxylic acids is 1. The highest BCUT2D eigenvalue weighted by Gasteiger charge is 2.14. The van der Waals surface area contributed by atoms with E-state index < -0.39 is 0 Å². The molecule has 0 spiro atoms. The summed E-state index contributed by atoms with van der Waals surface area (Å²) < 4.78 is 16.4. The Morgan fingerprint density at radius 2 is 1.97 bits per heavy atom. The van der Waals surface area contributed by atoms with Gasteiger partial charge in [0.1, 0.15) is 22.8 Å². The monoisotopic (exact) mass is 455 g/mol. The molecule has 4 rings (SSSR count). The van der Waals surface area contributed by atoms with Gasteiger partial charge in [-0.2, -0.15) is 0 Å². The summed E-state index contributed by atoms with van der Waals surface area (Å²) in [6.45, 7) is -0.190. The van der Waals surface area contributed by atoms with Crippen molar-refractivity contribution >= 4 is 44.9 Å². The number of nitrogens with one attached hydrogen (secondary N) is 1. The third kappa shape index (κ3) is 4.55. The zero-order valence-corrected chi connectivity index (χ0v) is 18.3. The fourth-order valence-electron chi connectivity index (χ4n) is 3.00. The Labute approximate surface area is 187 Å². The lowest BCUT2D eigenvalue weighted by molar-refractivity contribution is -0.118. The van der Waals surface area contributed by atoms with Gasteiger partial charge in [-0.15, -0.1) is 11.3 Å². The molecule has 2 aromatic carbocycles. The molecule has 1 amide bonds. The van der Waals surface area contributed by atoms with Gasteiger partial charge in [0.25, 0.3) is 5.91 Å². The van der Waals surface area contributed by atoms with E-state index >= 15 is 0 Å². The molecule has 0 radical (unpaired) electrons. The Morgan fingerprint density at radius 3 is 2.77 bits per heavy atom. The van der Waals surface area contributed by atoms with Crippen molar-refractivity contribution in [3.05, 3.63) is 59.1 Å². The summed E-state index contributed by atoms with van der Waals surface area (Å²) in [5.41, 5.74) is 2.04. The summed E-state index contributed by atoms with van der Waals surface area (Å²) in [7, 11) is 3.19. The smallest absolute Gasteiger partial charge is 0.264 e. The quantitative estimate of drug-likeness (QED) is 0.420. The van der Waals surface area contributed by atoms with E-state index in [2.05, 4.69) is 15.3 Å². The number of carbonyl (C=O) groups is 1. The average molecular weight is 456 g/mol. The fourth-order valence-corrected chi connectivity index (χ4v) is 3.94. The largest absolute Gasteiger partial charge is 0.497 e. The number of halogens is 1. The molecule has 0 atom stereocenters. The molecule has 0 bridgehead atoms. The molecule has 1 N–H and O–H groups in total. The molecule has 0 aliphatic rings. The summed E-state index contributed by atoms with van der Waals surface area (Å²) in [6.07, 6.45) is 1.65. The van der Waals surface area contributed by atoms with Crippen LogP contribution in [0, 0.1) is 0 Å². The highest BCUT2D eigenvalue weighted by Crippen LogP contribution is 2.35. The number of pyridine rings is 1. The van der Waals surface area contributed by atoms with Crippen molar-refractivity contribution in [2.24, 2.45) is 0 Å². The number of methoxy groups -OCH3 is 2. The highest BCUT2D eigenvalue weighted by molar-refractivity contribution is 7.14. The Morgan fingerprint density at radius 1 is 1.13 bits per heavy atom. The van der Waals surface area contributed by atoms with Crippen LogP contribution in [-0.2, 0) is 4.79 Å². The summed E-state index contributed by atoms with van der Waals surface area (Å²) >= 11 is 7.50. The number of hydrogen-bond acceptors (Lipinski definition) is 7. The first-order valence-corrected chi connectivity index (χ1v) is 10.5. The number of rotatable bonds is 7. The van der Waals surface area contributed by atoms with E-state index in [9.17, 15) is 4.79 Å². The zero-order valence-electron chi connectivity index (χ0n) is 16.7. The second kappa shape index (κ2) is 9.20. The van der Waals surface area contributed by atoms with E-state index in [1.807, 2.05) is 29.6 Å². The van der Waals surface area contributed by atoms with Crippen molar-refractivity contribution in [3.8, 4) is 28.5 Å². The van der Waals surface area contributed by atoms with Crippen molar-refractivity contribution in [2.45, 2.75) is 0 Å². The Balaban J connectivity index is 1.45. The van der Waals surface area contributed by atoms with E-state index in [4.69, 9.17) is 25.8 Å². The van der Waals surface area contributed by atoms with Crippen molar-refractivity contribution in [1.82, 2.24) is 9.97 Å². The van der Waals surface area contributed by atoms with Crippen LogP contribution in [0.25, 0.3) is 22.2 Å². The number of nitrogens with zero attached hydrogens (tertiary/aromatic N) is 2. The number of anilines is 1. The van der Waals surface area contributed by atoms with Crippen molar-refractivity contribution in [3.63, 3.8) is 0 Å². The molecule has 0 fully saturated rings. The van der Waals surface area contributed by atoms with Crippen molar-refractivity contribution < 1.29 is 19.0 Å². The molecule has 4 aromatic rings. The maximum atomic E-state index is 12.4. The standard InChI is InChI=1S/C22H18ClN3O4S/c1-28-13-5-7-18(29-2)15(10-13)17-12-31-22(25-17)26-20(27)11-30-19-8-6-16(23)14-4-3-9-24-21(14)19/h3-10,12H,11H2,1-2H3,(H,25,26,27). The van der Waals surface area contributed by atoms with Gasteiger partial charge < -0.3 is 14.2 Å². The third-order valence-electron chi connectivity index (χ3n) is 4.47. The topological polar surface area (TPSA) is 82.6 Å². The Kier molecular flexibility index (Phi) is 6.20. The van der Waals surface area contributed by atoms with Crippen LogP contribution in [0.3, 0.4) is 0 Å². The molecule has 0 aliphatic carbocycles. The average Bonchev–Trinajstić information content (AvgIpc) is 3.26. The van der Waals surface area contributed by atoms with E-state index in [0.717, 1.165) is 10.9 Å². The first-order valence-electron chi connectivity index (χ1n) is 9.23. The van der Waals surface area contributed by atoms with E-state index in [1.54, 1.807) is 38.6 Å². The summed E-state index contributed by atoms with van der Waals surface area (Å²) in [6, 6.07) is 12.5. The first kappa shape index (κ1) is 20.9. The van der Waals surface area contributed by atoms with Gasteiger partial charge in [-0.3, -0.25) is 15.1 Å². The Bertz CT molecular complexity index is 1240. The number of fused-ring (bicyclic) bond motifs is 1. The van der Waals surface area contributed by atoms with E-state index in [1.165, 1.54) is 11.3 Å². The molecule has 158 valence electrons. The van der Waals surface area contributed by atoms with Crippen LogP contribution in [0.1, 0.15) is 0 Å². The minimum absolute atomic E-state index is 0.190. The summed E-state index contributed by atoms with van der Waals surface area (Å²) in [5.74, 6) is 1.50. The second-order valence-electron chi connectivity index (χ2n) is 6.39. The molecule has 0 aliphatic heterocycles. The maximum absolute atomic E-state index is 12.4. The van der Waals surface area contributed by atoms with Gasteiger partial charge in [0.15, 0.2) is 11.7 Å². The van der Waals surface area contributed by atoms with Gasteiger partial charge in [-0.05, 0) is 42.5 Å². The van der Waals surface area contributed by atoms with Gasteiger partial charge in [-0.1, -0.05) is 11.6 Å². The highest BCUT2D eigenvalue weighted by atomic mass is 35.5. The molecule has 2 aromatic heterocycles. The van der Waals surface area contributed by atoms with Gasteiger partial charge in [-0.25, -0.2) is 4.98 Å². The van der Waals surface area contributed by atoms with Crippen LogP contribution in [-0.4, -0.2) is 36.7 Å². The minimum Gasteiger partial charge on any atom is -0.497 e. The van der Waals surface area contributed by atoms with Crippen LogP contribution >= 0.6 is 22.9 Å². The van der Waals surface area contributed by atoms with Gasteiger partial charge in [0, 0.05) is 22.5 Å². The Hall–Kier alpha value is -3.36. The van der Waals surface area contributed by atoms with Crippen molar-refractivity contribution in [1.29, 1.82) is 0 Å². The maximum Gasteiger partial charge on any atom is 0.264 e. The number of aromatic nitrogens is 2. The SMILES string of the molecule is COc1ccc(OC)c(-c2csc(NC(=O)COc3ccc(Cl)c4cccnc34)n2)c1. The van der Waals surface area contributed by atoms with Gasteiger partial charge in [0.05, 0.1) is 24.9 Å². The van der Waals surface area contributed by atoms with E-state index in [0.29, 0.717) is 38.6 Å². The lowest BCUT2D eigenvalue weighted by atomic mass is 10.1. The second-order valence-corrected chi connectivity index (χ2v) is 7.65. The van der Waals surface area contributed by atoms with Gasteiger partial charge >= 0.3 is 0 Å².